The number of amides is 1. The van der Waals surface area contributed by atoms with E-state index in [0.717, 1.165) is 51.2 Å². The molecule has 3 aliphatic rings. The quantitative estimate of drug-likeness (QED) is 0.865. The first-order valence-electron chi connectivity index (χ1n) is 8.68. The van der Waals surface area contributed by atoms with E-state index in [0.29, 0.717) is 17.7 Å². The van der Waals surface area contributed by atoms with Gasteiger partial charge in [-0.25, -0.2) is 18.7 Å². The Kier molecular flexibility index (Phi) is 5.86. The van der Waals surface area contributed by atoms with Crippen molar-refractivity contribution in [3.8, 4) is 0 Å². The van der Waals surface area contributed by atoms with Crippen LogP contribution in [0.5, 0.6) is 0 Å². The minimum Gasteiger partial charge on any atom is -0.336 e. The van der Waals surface area contributed by atoms with Crippen LogP contribution in [-0.2, 0) is 0 Å². The Morgan fingerprint density at radius 3 is 2.30 bits per heavy atom. The highest BCUT2D eigenvalue weighted by Gasteiger charge is 2.30. The molecule has 6 nitrogen and oxygen atoms in total. The van der Waals surface area contributed by atoms with Crippen molar-refractivity contribution in [2.75, 3.05) is 36.4 Å². The fourth-order valence-corrected chi connectivity index (χ4v) is 3.59. The van der Waals surface area contributed by atoms with Crippen LogP contribution in [0.3, 0.4) is 0 Å². The van der Waals surface area contributed by atoms with Gasteiger partial charge in [-0.3, -0.25) is 4.79 Å². The molecule has 9 heteroatoms. The van der Waals surface area contributed by atoms with Gasteiger partial charge in [0.25, 0.3) is 5.91 Å². The van der Waals surface area contributed by atoms with Crippen LogP contribution in [-0.4, -0.2) is 53.0 Å². The van der Waals surface area contributed by atoms with E-state index >= 15 is 0 Å². The van der Waals surface area contributed by atoms with Gasteiger partial charge in [-0.1, -0.05) is 6.07 Å². The van der Waals surface area contributed by atoms with Gasteiger partial charge in [-0.05, 0) is 25.0 Å². The molecular formula is C18H20ClF2N5O. The van der Waals surface area contributed by atoms with Gasteiger partial charge in [0.15, 0.2) is 0 Å². The average molecular weight is 396 g/mol. The summed E-state index contributed by atoms with van der Waals surface area (Å²) in [6.07, 6.45) is 5.12. The lowest BCUT2D eigenvalue weighted by Crippen LogP contribution is -2.38. The maximum Gasteiger partial charge on any atom is 0.261 e. The van der Waals surface area contributed by atoms with Crippen LogP contribution >= 0.6 is 12.4 Å². The highest BCUT2D eigenvalue weighted by molar-refractivity contribution is 6.04. The number of benzene rings is 1. The second-order valence-corrected chi connectivity index (χ2v) is 6.59. The summed E-state index contributed by atoms with van der Waals surface area (Å²) >= 11 is 0. The summed E-state index contributed by atoms with van der Waals surface area (Å²) in [5.41, 5.74) is -0.320. The number of rotatable bonds is 3. The monoisotopic (exact) mass is 395 g/mol. The Morgan fingerprint density at radius 2 is 1.67 bits per heavy atom. The molecule has 1 aromatic heterocycles. The van der Waals surface area contributed by atoms with Crippen LogP contribution in [0.15, 0.2) is 30.6 Å². The second kappa shape index (κ2) is 8.14. The van der Waals surface area contributed by atoms with E-state index in [2.05, 4.69) is 25.1 Å². The minimum absolute atomic E-state index is 0. The Labute approximate surface area is 162 Å². The zero-order valence-electron chi connectivity index (χ0n) is 14.6. The molecule has 2 aromatic rings. The van der Waals surface area contributed by atoms with Gasteiger partial charge in [0.1, 0.15) is 17.2 Å². The van der Waals surface area contributed by atoms with Gasteiger partial charge in [0, 0.05) is 32.2 Å². The number of halogens is 3. The lowest BCUT2D eigenvalue weighted by molar-refractivity contribution is 0.101. The number of piperidine rings is 1. The molecular weight excluding hydrogens is 376 g/mol. The summed E-state index contributed by atoms with van der Waals surface area (Å²) in [6.45, 7) is 4.06. The summed E-state index contributed by atoms with van der Waals surface area (Å²) in [7, 11) is 0. The first-order valence-corrected chi connectivity index (χ1v) is 8.68. The molecule has 27 heavy (non-hydrogen) atoms. The molecule has 0 unspecified atom stereocenters. The number of anilines is 2. The lowest BCUT2D eigenvalue weighted by Gasteiger charge is -2.31. The molecule has 0 saturated carbocycles. The summed E-state index contributed by atoms with van der Waals surface area (Å²) in [5.74, 6) is -2.06. The molecule has 3 saturated heterocycles. The maximum absolute atomic E-state index is 13.7. The summed E-state index contributed by atoms with van der Waals surface area (Å²) in [5, 5.41) is 2.45. The third-order valence-corrected chi connectivity index (χ3v) is 5.00. The van der Waals surface area contributed by atoms with E-state index in [1.807, 2.05) is 0 Å². The topological polar surface area (TPSA) is 61.4 Å². The van der Waals surface area contributed by atoms with Crippen molar-refractivity contribution < 1.29 is 13.6 Å². The van der Waals surface area contributed by atoms with Gasteiger partial charge in [-0.15, -0.1) is 12.4 Å². The van der Waals surface area contributed by atoms with Crippen molar-refractivity contribution in [2.24, 2.45) is 0 Å². The Morgan fingerprint density at radius 1 is 1.04 bits per heavy atom. The number of hydrogen-bond acceptors (Lipinski definition) is 5. The number of aromatic nitrogens is 2. The fourth-order valence-electron chi connectivity index (χ4n) is 3.59. The maximum atomic E-state index is 13.7. The van der Waals surface area contributed by atoms with Crippen molar-refractivity contribution in [2.45, 2.75) is 18.9 Å². The molecule has 3 aliphatic heterocycles. The first-order chi connectivity index (χ1) is 12.6. The number of hydrogen-bond donors (Lipinski definition) is 1. The molecule has 1 amide bonds. The van der Waals surface area contributed by atoms with Crippen LogP contribution in [0.25, 0.3) is 0 Å². The normalized spacial score (nSPS) is 21.3. The van der Waals surface area contributed by atoms with Gasteiger partial charge in [-0.2, -0.15) is 0 Å². The Hall–Kier alpha value is -2.32. The van der Waals surface area contributed by atoms with Crippen molar-refractivity contribution in [1.82, 2.24) is 14.9 Å². The van der Waals surface area contributed by atoms with Crippen molar-refractivity contribution in [3.63, 3.8) is 0 Å². The Bertz CT molecular complexity index is 792. The van der Waals surface area contributed by atoms with E-state index in [9.17, 15) is 13.6 Å². The van der Waals surface area contributed by atoms with E-state index < -0.39 is 23.1 Å². The van der Waals surface area contributed by atoms with Crippen molar-refractivity contribution in [3.05, 3.63) is 47.8 Å². The number of carbonyl (C=O) groups is 1. The number of fused-ring (bicyclic) bond motifs is 4. The summed E-state index contributed by atoms with van der Waals surface area (Å²) < 4.78 is 27.4. The van der Waals surface area contributed by atoms with Crippen LogP contribution < -0.4 is 10.2 Å². The molecule has 144 valence electrons. The van der Waals surface area contributed by atoms with Crippen LogP contribution in [0.4, 0.5) is 20.4 Å². The number of carbonyl (C=O) groups excluding carboxylic acids is 1. The molecule has 0 spiro atoms. The SMILES string of the molecule is Cl.O=C(Nc1cnc(N2CCN3CCC2CC3)nc1)c1c(F)cccc1F. The summed E-state index contributed by atoms with van der Waals surface area (Å²) in [6, 6.07) is 3.73. The molecule has 0 atom stereocenters. The van der Waals surface area contributed by atoms with Gasteiger partial charge in [0.2, 0.25) is 5.95 Å². The smallest absolute Gasteiger partial charge is 0.261 e. The zero-order chi connectivity index (χ0) is 18.1. The van der Waals surface area contributed by atoms with Crippen molar-refractivity contribution in [1.29, 1.82) is 0 Å². The number of nitrogens with zero attached hydrogens (tertiary/aromatic N) is 4. The third kappa shape index (κ3) is 4.01. The molecule has 3 fully saturated rings. The van der Waals surface area contributed by atoms with E-state index in [1.54, 1.807) is 0 Å². The largest absolute Gasteiger partial charge is 0.336 e. The number of nitrogens with one attached hydrogen (secondary N) is 1. The van der Waals surface area contributed by atoms with Gasteiger partial charge < -0.3 is 15.1 Å². The van der Waals surface area contributed by atoms with Crippen LogP contribution in [0.1, 0.15) is 23.2 Å². The molecule has 2 bridgehead atoms. The molecule has 0 aliphatic carbocycles. The molecule has 1 aromatic carbocycles. The van der Waals surface area contributed by atoms with Crippen LogP contribution in [0, 0.1) is 11.6 Å². The lowest BCUT2D eigenvalue weighted by atomic mass is 10.1. The van der Waals surface area contributed by atoms with Gasteiger partial charge >= 0.3 is 0 Å². The zero-order valence-corrected chi connectivity index (χ0v) is 15.4. The molecule has 0 radical (unpaired) electrons. The third-order valence-electron chi connectivity index (χ3n) is 5.00. The Balaban J connectivity index is 0.00000210. The second-order valence-electron chi connectivity index (χ2n) is 6.59. The predicted octanol–water partition coefficient (Wildman–Crippen LogP) is 2.71. The first kappa shape index (κ1) is 19.4. The molecule has 4 heterocycles. The average Bonchev–Trinajstić information content (AvgIpc) is 2.96. The van der Waals surface area contributed by atoms with E-state index in [1.165, 1.54) is 18.5 Å². The molecule has 5 rings (SSSR count). The minimum atomic E-state index is -0.907. The van der Waals surface area contributed by atoms with E-state index in [-0.39, 0.29) is 12.4 Å². The summed E-state index contributed by atoms with van der Waals surface area (Å²) in [4.78, 5) is 25.5. The highest BCUT2D eigenvalue weighted by atomic mass is 35.5. The molecule has 1 N–H and O–H groups in total. The van der Waals surface area contributed by atoms with Gasteiger partial charge in [0.05, 0.1) is 18.1 Å². The van der Waals surface area contributed by atoms with E-state index in [4.69, 9.17) is 0 Å². The van der Waals surface area contributed by atoms with Crippen LogP contribution in [0.2, 0.25) is 0 Å². The standard InChI is InChI=1S/C18H19F2N5O.ClH/c19-14-2-1-3-15(20)16(14)17(26)23-12-10-21-18(22-11-12)25-9-8-24-6-4-13(25)5-7-24;/h1-3,10-11,13H,4-9H2,(H,23,26);1H. The fraction of sp³-hybridized carbons (Fsp3) is 0.389. The highest BCUT2D eigenvalue weighted by Crippen LogP contribution is 2.24. The van der Waals surface area contributed by atoms with Crippen molar-refractivity contribution >= 4 is 29.9 Å². The predicted molar refractivity (Wildman–Crippen MR) is 100 cm³/mol.